The molecule has 2 atom stereocenters. The highest BCUT2D eigenvalue weighted by Crippen LogP contribution is 2.42. The van der Waals surface area contributed by atoms with Gasteiger partial charge in [-0.05, 0) is 25.3 Å². The fraction of sp³-hybridized carbons (Fsp3) is 0.643. The summed E-state index contributed by atoms with van der Waals surface area (Å²) in [5, 5.41) is 22.1. The maximum absolute atomic E-state index is 11.2. The lowest BCUT2D eigenvalue weighted by atomic mass is 9.71. The summed E-state index contributed by atoms with van der Waals surface area (Å²) >= 11 is 5.90. The Morgan fingerprint density at radius 2 is 2.24 bits per heavy atom. The van der Waals surface area contributed by atoms with Gasteiger partial charge in [-0.25, -0.2) is 4.98 Å². The number of piperidine rings is 1. The van der Waals surface area contributed by atoms with Crippen molar-refractivity contribution in [3.63, 3.8) is 0 Å². The molecule has 6 nitrogen and oxygen atoms in total. The van der Waals surface area contributed by atoms with E-state index >= 15 is 0 Å². The van der Waals surface area contributed by atoms with Gasteiger partial charge in [-0.1, -0.05) is 24.4 Å². The van der Waals surface area contributed by atoms with Gasteiger partial charge in [0, 0.05) is 25.1 Å². The van der Waals surface area contributed by atoms with Gasteiger partial charge in [-0.2, -0.15) is 0 Å². The maximum atomic E-state index is 11.2. The highest BCUT2D eigenvalue weighted by atomic mass is 35.5. The van der Waals surface area contributed by atoms with Crippen molar-refractivity contribution in [1.82, 2.24) is 4.98 Å². The molecular weight excluding hydrogens is 294 g/mol. The molecule has 2 unspecified atom stereocenters. The van der Waals surface area contributed by atoms with E-state index in [1.165, 1.54) is 12.1 Å². The molecule has 0 amide bonds. The third-order valence-electron chi connectivity index (χ3n) is 4.74. The van der Waals surface area contributed by atoms with Crippen molar-refractivity contribution in [3.8, 4) is 0 Å². The molecule has 2 heterocycles. The zero-order valence-electron chi connectivity index (χ0n) is 11.7. The third-order valence-corrected chi connectivity index (χ3v) is 4.95. The van der Waals surface area contributed by atoms with E-state index in [9.17, 15) is 15.2 Å². The van der Waals surface area contributed by atoms with E-state index in [1.807, 2.05) is 4.90 Å². The molecule has 1 aromatic heterocycles. The first-order chi connectivity index (χ1) is 9.99. The molecule has 2 aliphatic rings. The van der Waals surface area contributed by atoms with E-state index in [2.05, 4.69) is 4.98 Å². The summed E-state index contributed by atoms with van der Waals surface area (Å²) in [6, 6.07) is 2.83. The van der Waals surface area contributed by atoms with Gasteiger partial charge in [0.25, 0.3) is 0 Å². The lowest BCUT2D eigenvalue weighted by Crippen LogP contribution is -2.53. The largest absolute Gasteiger partial charge is 0.389 e. The van der Waals surface area contributed by atoms with Crippen LogP contribution >= 0.6 is 11.6 Å². The van der Waals surface area contributed by atoms with Crippen LogP contribution in [0.3, 0.4) is 0 Å². The maximum Gasteiger partial charge on any atom is 0.311 e. The number of pyridine rings is 1. The van der Waals surface area contributed by atoms with Gasteiger partial charge >= 0.3 is 5.69 Å². The number of nitro groups is 1. The van der Waals surface area contributed by atoms with Crippen molar-refractivity contribution < 1.29 is 10.0 Å². The van der Waals surface area contributed by atoms with Crippen LogP contribution in [0.25, 0.3) is 0 Å². The Balaban J connectivity index is 1.88. The second-order valence-corrected chi connectivity index (χ2v) is 6.36. The van der Waals surface area contributed by atoms with Crippen LogP contribution in [0.2, 0.25) is 5.15 Å². The number of anilines is 1. The normalized spacial score (nSPS) is 29.0. The van der Waals surface area contributed by atoms with Gasteiger partial charge in [0.1, 0.15) is 5.15 Å². The fourth-order valence-electron chi connectivity index (χ4n) is 3.56. The Labute approximate surface area is 127 Å². The van der Waals surface area contributed by atoms with Crippen LogP contribution in [0.5, 0.6) is 0 Å². The first-order valence-electron chi connectivity index (χ1n) is 7.28. The van der Waals surface area contributed by atoms with Crippen molar-refractivity contribution in [2.24, 2.45) is 5.92 Å². The van der Waals surface area contributed by atoms with Gasteiger partial charge in [0.15, 0.2) is 0 Å². The highest BCUT2D eigenvalue weighted by molar-refractivity contribution is 6.29. The molecule has 1 N–H and O–H groups in total. The zero-order chi connectivity index (χ0) is 15.0. The minimum absolute atomic E-state index is 0.0272. The molecule has 1 aliphatic carbocycles. The van der Waals surface area contributed by atoms with E-state index in [-0.39, 0.29) is 16.8 Å². The summed E-state index contributed by atoms with van der Waals surface area (Å²) in [7, 11) is 0. The molecule has 1 aliphatic heterocycles. The van der Waals surface area contributed by atoms with E-state index in [4.69, 9.17) is 11.6 Å². The van der Waals surface area contributed by atoms with E-state index < -0.39 is 10.5 Å². The SMILES string of the molecule is O=[N+]([O-])c1ccc(Cl)nc1N1CCC2(O)CCCCC2C1. The summed E-state index contributed by atoms with van der Waals surface area (Å²) in [5.74, 6) is 0.473. The molecular formula is C14H18ClN3O3. The van der Waals surface area contributed by atoms with Gasteiger partial charge in [-0.15, -0.1) is 0 Å². The topological polar surface area (TPSA) is 79.5 Å². The quantitative estimate of drug-likeness (QED) is 0.516. The monoisotopic (exact) mass is 311 g/mol. The number of halogens is 1. The summed E-state index contributed by atoms with van der Waals surface area (Å²) < 4.78 is 0. The molecule has 0 bridgehead atoms. The van der Waals surface area contributed by atoms with Crippen LogP contribution in [0.15, 0.2) is 12.1 Å². The van der Waals surface area contributed by atoms with Crippen LogP contribution in [0, 0.1) is 16.0 Å². The average Bonchev–Trinajstić information content (AvgIpc) is 2.45. The Bertz CT molecular complexity index is 568. The van der Waals surface area contributed by atoms with Crippen LogP contribution in [-0.4, -0.2) is 33.7 Å². The van der Waals surface area contributed by atoms with Crippen LogP contribution in [0.4, 0.5) is 11.5 Å². The molecule has 1 aromatic rings. The first-order valence-corrected chi connectivity index (χ1v) is 7.66. The zero-order valence-corrected chi connectivity index (χ0v) is 12.4. The molecule has 3 rings (SSSR count). The van der Waals surface area contributed by atoms with Crippen LogP contribution < -0.4 is 4.90 Å². The number of aliphatic hydroxyl groups is 1. The molecule has 1 saturated carbocycles. The van der Waals surface area contributed by atoms with Crippen molar-refractivity contribution in [2.75, 3.05) is 18.0 Å². The van der Waals surface area contributed by atoms with Gasteiger partial charge in [-0.3, -0.25) is 10.1 Å². The van der Waals surface area contributed by atoms with E-state index in [0.717, 1.165) is 25.7 Å². The summed E-state index contributed by atoms with van der Waals surface area (Å²) in [6.45, 7) is 1.17. The number of hydrogen-bond donors (Lipinski definition) is 1. The Morgan fingerprint density at radius 1 is 1.43 bits per heavy atom. The van der Waals surface area contributed by atoms with E-state index in [1.54, 1.807) is 0 Å². The van der Waals surface area contributed by atoms with Gasteiger partial charge < -0.3 is 10.0 Å². The van der Waals surface area contributed by atoms with Gasteiger partial charge in [0.05, 0.1) is 10.5 Å². The molecule has 0 spiro atoms. The number of fused-ring (bicyclic) bond motifs is 1. The van der Waals surface area contributed by atoms with Crippen molar-refractivity contribution >= 4 is 23.1 Å². The summed E-state index contributed by atoms with van der Waals surface area (Å²) in [6.07, 6.45) is 4.58. The van der Waals surface area contributed by atoms with Crippen molar-refractivity contribution in [1.29, 1.82) is 0 Å². The van der Waals surface area contributed by atoms with Crippen LogP contribution in [0.1, 0.15) is 32.1 Å². The highest BCUT2D eigenvalue weighted by Gasteiger charge is 2.43. The molecule has 21 heavy (non-hydrogen) atoms. The fourth-order valence-corrected chi connectivity index (χ4v) is 3.70. The third kappa shape index (κ3) is 2.70. The summed E-state index contributed by atoms with van der Waals surface area (Å²) in [5.41, 5.74) is -0.636. The smallest absolute Gasteiger partial charge is 0.311 e. The molecule has 0 radical (unpaired) electrons. The number of rotatable bonds is 2. The van der Waals surface area contributed by atoms with Crippen molar-refractivity contribution in [2.45, 2.75) is 37.7 Å². The van der Waals surface area contributed by atoms with Crippen LogP contribution in [-0.2, 0) is 0 Å². The second kappa shape index (κ2) is 5.42. The predicted molar refractivity (Wildman–Crippen MR) is 79.6 cm³/mol. The number of nitrogens with zero attached hydrogens (tertiary/aromatic N) is 3. The number of aromatic nitrogens is 1. The molecule has 1 saturated heterocycles. The lowest BCUT2D eigenvalue weighted by Gasteiger charge is -2.47. The lowest BCUT2D eigenvalue weighted by molar-refractivity contribution is -0.384. The molecule has 2 fully saturated rings. The Hall–Kier alpha value is -1.40. The minimum Gasteiger partial charge on any atom is -0.389 e. The number of hydrogen-bond acceptors (Lipinski definition) is 5. The summed E-state index contributed by atoms with van der Waals surface area (Å²) in [4.78, 5) is 16.8. The van der Waals surface area contributed by atoms with Gasteiger partial charge in [0.2, 0.25) is 5.82 Å². The minimum atomic E-state index is -0.609. The molecule has 7 heteroatoms. The first kappa shape index (κ1) is 14.5. The Morgan fingerprint density at radius 3 is 3.00 bits per heavy atom. The standard InChI is InChI=1S/C14H18ClN3O3/c15-12-5-4-11(18(20)21)13(16-12)17-8-7-14(19)6-2-1-3-10(14)9-17/h4-5,10,19H,1-3,6-9H2. The molecule has 0 aromatic carbocycles. The van der Waals surface area contributed by atoms with Crippen molar-refractivity contribution in [3.05, 3.63) is 27.4 Å². The second-order valence-electron chi connectivity index (χ2n) is 5.98. The molecule has 114 valence electrons. The Kier molecular flexibility index (Phi) is 3.75. The predicted octanol–water partition coefficient (Wildman–Crippen LogP) is 2.77. The van der Waals surface area contributed by atoms with E-state index in [0.29, 0.717) is 25.3 Å². The average molecular weight is 312 g/mol.